The van der Waals surface area contributed by atoms with Crippen molar-refractivity contribution in [1.29, 1.82) is 0 Å². The summed E-state index contributed by atoms with van der Waals surface area (Å²) in [6, 6.07) is 8.40. The van der Waals surface area contributed by atoms with Crippen molar-refractivity contribution in [3.05, 3.63) is 52.3 Å². The van der Waals surface area contributed by atoms with Gasteiger partial charge in [-0.25, -0.2) is 0 Å². The third-order valence-electron chi connectivity index (χ3n) is 6.13. The van der Waals surface area contributed by atoms with Gasteiger partial charge in [0.05, 0.1) is 11.1 Å². The molecule has 2 aromatic rings. The zero-order valence-electron chi connectivity index (χ0n) is 21.9. The van der Waals surface area contributed by atoms with Gasteiger partial charge >= 0.3 is 5.97 Å². The SMILES string of the molecule is CCC(C)(C)C(=O)OCO/C(=C(/C=NC)c1ccc(C(C)(C)C)cc1)c1c(C)c(C)nn1C. The van der Waals surface area contributed by atoms with Gasteiger partial charge in [-0.1, -0.05) is 52.0 Å². The summed E-state index contributed by atoms with van der Waals surface area (Å²) in [7, 11) is 3.61. The van der Waals surface area contributed by atoms with Crippen molar-refractivity contribution in [2.24, 2.45) is 17.5 Å². The van der Waals surface area contributed by atoms with E-state index in [0.29, 0.717) is 12.2 Å². The maximum absolute atomic E-state index is 12.5. The molecule has 0 aliphatic carbocycles. The fourth-order valence-electron chi connectivity index (χ4n) is 3.38. The molecule has 6 heteroatoms. The molecule has 1 aromatic carbocycles. The molecule has 0 fully saturated rings. The van der Waals surface area contributed by atoms with Crippen LogP contribution in [0, 0.1) is 19.3 Å². The number of aromatic nitrogens is 2. The van der Waals surface area contributed by atoms with Crippen molar-refractivity contribution in [1.82, 2.24) is 9.78 Å². The van der Waals surface area contributed by atoms with Gasteiger partial charge in [-0.3, -0.25) is 14.5 Å². The van der Waals surface area contributed by atoms with Crippen LogP contribution >= 0.6 is 0 Å². The van der Waals surface area contributed by atoms with Crippen LogP contribution in [-0.2, 0) is 26.7 Å². The molecule has 2 rings (SSSR count). The molecule has 0 radical (unpaired) electrons. The fourth-order valence-corrected chi connectivity index (χ4v) is 3.38. The first-order chi connectivity index (χ1) is 15.3. The number of carbonyl (C=O) groups excluding carboxylic acids is 1. The molecule has 0 amide bonds. The van der Waals surface area contributed by atoms with Crippen LogP contribution in [0.25, 0.3) is 11.3 Å². The Morgan fingerprint density at radius 2 is 1.70 bits per heavy atom. The molecule has 0 saturated carbocycles. The molecule has 0 saturated heterocycles. The zero-order valence-corrected chi connectivity index (χ0v) is 21.9. The Kier molecular flexibility index (Phi) is 8.28. The minimum atomic E-state index is -0.567. The van der Waals surface area contributed by atoms with E-state index in [1.807, 2.05) is 41.7 Å². The summed E-state index contributed by atoms with van der Waals surface area (Å²) in [5.74, 6) is 0.286. The molecule has 0 bridgehead atoms. The number of aliphatic imine (C=N–C) groups is 1. The molecular formula is C27H39N3O3. The molecule has 0 N–H and O–H groups in total. The van der Waals surface area contributed by atoms with Crippen LogP contribution in [0.15, 0.2) is 29.3 Å². The van der Waals surface area contributed by atoms with E-state index in [2.05, 4.69) is 55.1 Å². The summed E-state index contributed by atoms with van der Waals surface area (Å²) in [4.78, 5) is 16.8. The van der Waals surface area contributed by atoms with Crippen LogP contribution in [0.1, 0.15) is 76.0 Å². The number of hydrogen-bond donors (Lipinski definition) is 0. The number of ether oxygens (including phenoxy) is 2. The van der Waals surface area contributed by atoms with Crippen LogP contribution < -0.4 is 0 Å². The van der Waals surface area contributed by atoms with Crippen LogP contribution in [0.3, 0.4) is 0 Å². The van der Waals surface area contributed by atoms with Gasteiger partial charge in [-0.15, -0.1) is 0 Å². The highest BCUT2D eigenvalue weighted by molar-refractivity contribution is 6.18. The van der Waals surface area contributed by atoms with Crippen molar-refractivity contribution in [3.63, 3.8) is 0 Å². The van der Waals surface area contributed by atoms with E-state index < -0.39 is 5.41 Å². The second-order valence-electron chi connectivity index (χ2n) is 10.1. The lowest BCUT2D eigenvalue weighted by Crippen LogP contribution is -2.26. The maximum atomic E-state index is 12.5. The summed E-state index contributed by atoms with van der Waals surface area (Å²) in [5.41, 5.74) is 5.23. The second kappa shape index (κ2) is 10.4. The summed E-state index contributed by atoms with van der Waals surface area (Å²) in [5, 5.41) is 4.56. The standard InChI is InChI=1S/C27H39N3O3/c1-11-27(7,8)25(31)33-17-32-24(23-18(2)19(3)29-30(23)10)22(16-28-9)20-12-14-21(15-13-20)26(4,5)6/h12-16H,11,17H2,1-10H3/b24-22-,28-16?. The number of esters is 1. The minimum Gasteiger partial charge on any atom is -0.454 e. The number of carbonyl (C=O) groups is 1. The monoisotopic (exact) mass is 453 g/mol. The summed E-state index contributed by atoms with van der Waals surface area (Å²) >= 11 is 0. The lowest BCUT2D eigenvalue weighted by molar-refractivity contribution is -0.162. The van der Waals surface area contributed by atoms with Gasteiger partial charge in [-0.2, -0.15) is 5.10 Å². The van der Waals surface area contributed by atoms with Gasteiger partial charge in [0.2, 0.25) is 6.79 Å². The average Bonchev–Trinajstić information content (AvgIpc) is 3.00. The number of benzene rings is 1. The van der Waals surface area contributed by atoms with Gasteiger partial charge in [0.15, 0.2) is 5.76 Å². The molecule has 0 aliphatic heterocycles. The number of aryl methyl sites for hydroxylation is 2. The largest absolute Gasteiger partial charge is 0.454 e. The van der Waals surface area contributed by atoms with E-state index >= 15 is 0 Å². The van der Waals surface area contributed by atoms with Crippen LogP contribution in [0.5, 0.6) is 0 Å². The Balaban J connectivity index is 2.58. The Bertz CT molecular complexity index is 1040. The highest BCUT2D eigenvalue weighted by atomic mass is 16.7. The first kappa shape index (κ1) is 26.4. The third kappa shape index (κ3) is 6.12. The topological polar surface area (TPSA) is 65.7 Å². The van der Waals surface area contributed by atoms with Crippen molar-refractivity contribution in [2.75, 3.05) is 13.8 Å². The minimum absolute atomic E-state index is 0.0522. The van der Waals surface area contributed by atoms with Crippen molar-refractivity contribution in [3.8, 4) is 0 Å². The van der Waals surface area contributed by atoms with Crippen molar-refractivity contribution >= 4 is 23.5 Å². The molecule has 0 unspecified atom stereocenters. The smallest absolute Gasteiger partial charge is 0.314 e. The number of rotatable bonds is 8. The van der Waals surface area contributed by atoms with Gasteiger partial charge in [0.25, 0.3) is 0 Å². The summed E-state index contributed by atoms with van der Waals surface area (Å²) < 4.78 is 13.5. The lowest BCUT2D eigenvalue weighted by atomic mass is 9.86. The third-order valence-corrected chi connectivity index (χ3v) is 6.13. The molecule has 0 aliphatic rings. The fraction of sp³-hybridized carbons (Fsp3) is 0.519. The number of allylic oxidation sites excluding steroid dienone is 1. The van der Waals surface area contributed by atoms with E-state index in [1.165, 1.54) is 5.56 Å². The van der Waals surface area contributed by atoms with E-state index in [1.54, 1.807) is 17.9 Å². The van der Waals surface area contributed by atoms with E-state index in [4.69, 9.17) is 9.47 Å². The molecule has 6 nitrogen and oxygen atoms in total. The van der Waals surface area contributed by atoms with E-state index in [0.717, 1.165) is 28.1 Å². The second-order valence-corrected chi connectivity index (χ2v) is 10.1. The molecule has 0 spiro atoms. The van der Waals surface area contributed by atoms with Crippen molar-refractivity contribution < 1.29 is 14.3 Å². The van der Waals surface area contributed by atoms with Crippen LogP contribution in [-0.4, -0.2) is 35.8 Å². The van der Waals surface area contributed by atoms with Gasteiger partial charge in [0.1, 0.15) is 5.69 Å². The van der Waals surface area contributed by atoms with Gasteiger partial charge < -0.3 is 9.47 Å². The Morgan fingerprint density at radius 1 is 1.09 bits per heavy atom. The zero-order chi connectivity index (χ0) is 25.0. The molecule has 180 valence electrons. The lowest BCUT2D eigenvalue weighted by Gasteiger charge is -2.22. The van der Waals surface area contributed by atoms with Crippen LogP contribution in [0.4, 0.5) is 0 Å². The first-order valence-corrected chi connectivity index (χ1v) is 11.4. The molecule has 1 aromatic heterocycles. The molecule has 1 heterocycles. The Labute approximate surface area is 198 Å². The van der Waals surface area contributed by atoms with Gasteiger partial charge in [-0.05, 0) is 50.7 Å². The predicted molar refractivity (Wildman–Crippen MR) is 135 cm³/mol. The molecule has 0 atom stereocenters. The average molecular weight is 454 g/mol. The quantitative estimate of drug-likeness (QED) is 0.217. The summed E-state index contributed by atoms with van der Waals surface area (Å²) in [6.45, 7) is 16.1. The summed E-state index contributed by atoms with van der Waals surface area (Å²) in [6.07, 6.45) is 2.46. The number of nitrogens with zero attached hydrogens (tertiary/aromatic N) is 3. The Hall–Kier alpha value is -2.89. The van der Waals surface area contributed by atoms with E-state index in [-0.39, 0.29) is 18.2 Å². The van der Waals surface area contributed by atoms with Crippen molar-refractivity contribution in [2.45, 2.75) is 67.2 Å². The molecule has 33 heavy (non-hydrogen) atoms. The predicted octanol–water partition coefficient (Wildman–Crippen LogP) is 5.86. The maximum Gasteiger partial charge on any atom is 0.314 e. The molecular weight excluding hydrogens is 414 g/mol. The normalized spacial score (nSPS) is 13.3. The highest BCUT2D eigenvalue weighted by Crippen LogP contribution is 2.31. The van der Waals surface area contributed by atoms with Crippen LogP contribution in [0.2, 0.25) is 0 Å². The highest BCUT2D eigenvalue weighted by Gasteiger charge is 2.28. The first-order valence-electron chi connectivity index (χ1n) is 11.4. The Morgan fingerprint density at radius 3 is 2.15 bits per heavy atom. The van der Waals surface area contributed by atoms with Gasteiger partial charge in [0, 0.05) is 31.4 Å². The van der Waals surface area contributed by atoms with E-state index in [9.17, 15) is 4.79 Å². The number of hydrogen-bond acceptors (Lipinski definition) is 5.